The van der Waals surface area contributed by atoms with Crippen LogP contribution >= 0.6 is 46.4 Å². The number of benzene rings is 4. The van der Waals surface area contributed by atoms with Crippen molar-refractivity contribution in [2.24, 2.45) is 0 Å². The molecule has 0 saturated heterocycles. The van der Waals surface area contributed by atoms with E-state index in [0.717, 1.165) is 22.3 Å². The maximum Gasteiger partial charge on any atom is 0.323 e. The smallest absolute Gasteiger partial charge is 0.323 e. The lowest BCUT2D eigenvalue weighted by Crippen LogP contribution is -2.29. The average Bonchev–Trinajstić information content (AvgIpc) is 3.39. The van der Waals surface area contributed by atoms with E-state index in [0.29, 0.717) is 33.6 Å². The SMILES string of the molecule is CCn1nc(-c2cccc(-c3cccc(C(C)C(=O)O)c3)c2)cc(NC(=O)Nc2c(Cl)cncc2Cl)c1=O.CCn1nc(-c2cccc(-c3cccc(CC(=O)O)c3)c2)cc(NC(=O)Nc2c(Cl)cncc2Cl)c1=O. The first-order chi connectivity index (χ1) is 35.9. The number of pyridine rings is 2. The molecule has 22 heteroatoms. The third kappa shape index (κ3) is 13.6. The monoisotopic (exact) mass is 1090 g/mol. The van der Waals surface area contributed by atoms with Gasteiger partial charge in [-0.3, -0.25) is 29.1 Å². The van der Waals surface area contributed by atoms with Gasteiger partial charge in [0.1, 0.15) is 11.4 Å². The zero-order valence-corrected chi connectivity index (χ0v) is 43.0. The van der Waals surface area contributed by atoms with Gasteiger partial charge in [0.15, 0.2) is 0 Å². The van der Waals surface area contributed by atoms with Crippen LogP contribution in [0.2, 0.25) is 20.1 Å². The highest BCUT2D eigenvalue weighted by Crippen LogP contribution is 2.32. The number of anilines is 4. The molecule has 382 valence electrons. The minimum Gasteiger partial charge on any atom is -0.481 e. The van der Waals surface area contributed by atoms with E-state index >= 15 is 0 Å². The number of urea groups is 2. The van der Waals surface area contributed by atoms with Crippen LogP contribution in [-0.4, -0.2) is 63.7 Å². The van der Waals surface area contributed by atoms with Crippen LogP contribution in [0.3, 0.4) is 0 Å². The fourth-order valence-corrected chi connectivity index (χ4v) is 8.37. The number of rotatable bonds is 14. The molecule has 75 heavy (non-hydrogen) atoms. The van der Waals surface area contributed by atoms with Crippen LogP contribution in [0.5, 0.6) is 0 Å². The van der Waals surface area contributed by atoms with Crippen molar-refractivity contribution in [1.82, 2.24) is 29.5 Å². The number of halogens is 4. The van der Waals surface area contributed by atoms with Gasteiger partial charge in [0.25, 0.3) is 11.1 Å². The second kappa shape index (κ2) is 24.5. The van der Waals surface area contributed by atoms with Gasteiger partial charge in [-0.1, -0.05) is 131 Å². The Morgan fingerprint density at radius 3 is 1.33 bits per heavy atom. The minimum absolute atomic E-state index is 0.0123. The topological polar surface area (TPSA) is 252 Å². The van der Waals surface area contributed by atoms with Crippen LogP contribution in [0, 0.1) is 0 Å². The highest BCUT2D eigenvalue weighted by molar-refractivity contribution is 6.40. The summed E-state index contributed by atoms with van der Waals surface area (Å²) in [5, 5.41) is 38.1. The van der Waals surface area contributed by atoms with Gasteiger partial charge >= 0.3 is 24.0 Å². The first-order valence-electron chi connectivity index (χ1n) is 22.8. The molecule has 0 saturated carbocycles. The largest absolute Gasteiger partial charge is 0.481 e. The van der Waals surface area contributed by atoms with Gasteiger partial charge in [0.2, 0.25) is 0 Å². The molecule has 1 atom stereocenters. The van der Waals surface area contributed by atoms with Crippen molar-refractivity contribution in [1.29, 1.82) is 0 Å². The Hall–Kier alpha value is -8.42. The summed E-state index contributed by atoms with van der Waals surface area (Å²) in [6.07, 6.45) is 5.26. The molecule has 0 fully saturated rings. The number of carbonyl (C=O) groups excluding carboxylic acids is 2. The predicted molar refractivity (Wildman–Crippen MR) is 291 cm³/mol. The molecule has 0 radical (unpaired) electrons. The zero-order chi connectivity index (χ0) is 53.9. The van der Waals surface area contributed by atoms with Crippen molar-refractivity contribution in [3.8, 4) is 44.8 Å². The molecule has 4 aromatic carbocycles. The van der Waals surface area contributed by atoms with Crippen molar-refractivity contribution >= 4 is 93.2 Å². The Morgan fingerprint density at radius 1 is 0.533 bits per heavy atom. The molecule has 8 aromatic rings. The molecule has 0 aliphatic heterocycles. The van der Waals surface area contributed by atoms with Crippen molar-refractivity contribution in [3.05, 3.63) is 186 Å². The molecule has 0 aliphatic carbocycles. The number of hydrogen-bond donors (Lipinski definition) is 6. The van der Waals surface area contributed by atoms with Crippen molar-refractivity contribution in [3.63, 3.8) is 0 Å². The average molecular weight is 1090 g/mol. The molecule has 0 spiro atoms. The number of carboxylic acid groups (broad SMARTS) is 2. The fourth-order valence-electron chi connectivity index (χ4n) is 7.45. The van der Waals surface area contributed by atoms with Gasteiger partial charge < -0.3 is 31.5 Å². The molecular weight excluding hydrogens is 1050 g/mol. The first kappa shape index (κ1) is 54.4. The summed E-state index contributed by atoms with van der Waals surface area (Å²) in [6.45, 7) is 5.73. The maximum atomic E-state index is 12.9. The van der Waals surface area contributed by atoms with E-state index in [1.165, 1.54) is 46.3 Å². The van der Waals surface area contributed by atoms with Crippen LogP contribution in [0.25, 0.3) is 44.8 Å². The third-order valence-corrected chi connectivity index (χ3v) is 12.4. The van der Waals surface area contributed by atoms with Gasteiger partial charge in [0, 0.05) is 49.0 Å². The number of aromatic nitrogens is 6. The van der Waals surface area contributed by atoms with Gasteiger partial charge in [-0.05, 0) is 78.4 Å². The normalized spacial score (nSPS) is 11.1. The Kier molecular flexibility index (Phi) is 17.8. The summed E-state index contributed by atoms with van der Waals surface area (Å²) in [4.78, 5) is 81.3. The van der Waals surface area contributed by atoms with Crippen molar-refractivity contribution in [2.75, 3.05) is 21.3 Å². The maximum absolute atomic E-state index is 12.9. The number of amides is 4. The number of aryl methyl sites for hydroxylation is 2. The lowest BCUT2D eigenvalue weighted by atomic mass is 9.95. The quantitative estimate of drug-likeness (QED) is 0.0595. The van der Waals surface area contributed by atoms with Crippen molar-refractivity contribution < 1.29 is 29.4 Å². The van der Waals surface area contributed by atoms with Gasteiger partial charge in [-0.25, -0.2) is 19.0 Å². The second-order valence-electron chi connectivity index (χ2n) is 16.4. The highest BCUT2D eigenvalue weighted by atomic mass is 35.5. The van der Waals surface area contributed by atoms with Crippen LogP contribution in [0.1, 0.15) is 37.8 Å². The summed E-state index contributed by atoms with van der Waals surface area (Å²) in [5.41, 5.74) is 6.44. The Balaban J connectivity index is 0.000000219. The van der Waals surface area contributed by atoms with Gasteiger partial charge in [0.05, 0.1) is 55.2 Å². The highest BCUT2D eigenvalue weighted by Gasteiger charge is 2.19. The lowest BCUT2D eigenvalue weighted by molar-refractivity contribution is -0.138. The van der Waals surface area contributed by atoms with E-state index in [2.05, 4.69) is 41.4 Å². The standard InChI is InChI=1S/C27H23Cl2N5O4.C26H21Cl2N5O4/c1-3-34-25(35)23(31-27(38)32-24-20(28)13-30-14-21(24)29)12-22(33-34)19-9-5-8-18(11-19)17-7-4-6-16(10-17)15(2)26(36)37;1-2-33-25(36)22(30-26(37)31-24-19(27)13-29-14-20(24)28)12-21(32-33)18-8-4-7-17(11-18)16-6-3-5-15(9-16)10-23(34)35/h4-15H,3H2,1-2H3,(H,36,37)(H2,30,31,32,38);3-9,11-14H,2,10H2,1H3,(H,34,35)(H2,29,30,31,37). The molecule has 0 bridgehead atoms. The lowest BCUT2D eigenvalue weighted by Gasteiger charge is -2.13. The molecule has 1 unspecified atom stereocenters. The second-order valence-corrected chi connectivity index (χ2v) is 18.0. The Labute approximate surface area is 447 Å². The summed E-state index contributed by atoms with van der Waals surface area (Å²) in [5.74, 6) is -2.46. The van der Waals surface area contributed by atoms with E-state index in [-0.39, 0.29) is 62.4 Å². The van der Waals surface area contributed by atoms with Crippen LogP contribution in [-0.2, 0) is 29.1 Å². The minimum atomic E-state index is -0.908. The van der Waals surface area contributed by atoms with E-state index in [1.54, 1.807) is 39.0 Å². The van der Waals surface area contributed by atoms with Gasteiger partial charge in [-0.2, -0.15) is 10.2 Å². The van der Waals surface area contributed by atoms with Crippen molar-refractivity contribution in [2.45, 2.75) is 46.2 Å². The molecule has 4 amide bonds. The number of hydrogen-bond acceptors (Lipinski definition) is 10. The molecule has 4 heterocycles. The van der Waals surface area contributed by atoms with E-state index < -0.39 is 41.0 Å². The molecule has 8 rings (SSSR count). The molecule has 6 N–H and O–H groups in total. The van der Waals surface area contributed by atoms with E-state index in [4.69, 9.17) is 51.5 Å². The third-order valence-electron chi connectivity index (χ3n) is 11.3. The van der Waals surface area contributed by atoms with Crippen LogP contribution < -0.4 is 32.4 Å². The Bertz CT molecular complexity index is 3570. The van der Waals surface area contributed by atoms with Crippen LogP contribution in [0.15, 0.2) is 144 Å². The summed E-state index contributed by atoms with van der Waals surface area (Å²) in [6, 6.07) is 31.1. The number of carboxylic acids is 2. The number of nitrogens with zero attached hydrogens (tertiary/aromatic N) is 6. The summed E-state index contributed by atoms with van der Waals surface area (Å²) < 4.78 is 2.50. The summed E-state index contributed by atoms with van der Waals surface area (Å²) in [7, 11) is 0. The molecule has 18 nitrogen and oxygen atoms in total. The Morgan fingerprint density at radius 2 is 0.920 bits per heavy atom. The number of nitrogens with one attached hydrogen (secondary N) is 4. The number of carbonyl (C=O) groups is 4. The summed E-state index contributed by atoms with van der Waals surface area (Å²) >= 11 is 24.3. The van der Waals surface area contributed by atoms with E-state index in [1.807, 2.05) is 78.9 Å². The fraction of sp³-hybridized carbons (Fsp3) is 0.132. The molecule has 4 aromatic heterocycles. The van der Waals surface area contributed by atoms with E-state index in [9.17, 15) is 33.9 Å². The predicted octanol–water partition coefficient (Wildman–Crippen LogP) is 11.7. The molecular formula is C53H44Cl4N10O8. The first-order valence-corrected chi connectivity index (χ1v) is 24.3. The number of aliphatic carboxylic acids is 2. The zero-order valence-electron chi connectivity index (χ0n) is 39.9. The molecule has 0 aliphatic rings. The van der Waals surface area contributed by atoms with Gasteiger partial charge in [-0.15, -0.1) is 0 Å². The van der Waals surface area contributed by atoms with Crippen LogP contribution in [0.4, 0.5) is 32.3 Å².